The number of rotatable bonds is 9. The van der Waals surface area contributed by atoms with E-state index >= 15 is 0 Å². The smallest absolute Gasteiger partial charge is 0.411 e. The summed E-state index contributed by atoms with van der Waals surface area (Å²) >= 11 is 0. The van der Waals surface area contributed by atoms with Gasteiger partial charge in [0.2, 0.25) is 6.79 Å². The zero-order valence-electron chi connectivity index (χ0n) is 20.7. The summed E-state index contributed by atoms with van der Waals surface area (Å²) in [6.07, 6.45) is -1.28. The molecular weight excluding hydrogens is 510 g/mol. The summed E-state index contributed by atoms with van der Waals surface area (Å²) in [7, 11) is -4.03. The van der Waals surface area contributed by atoms with Crippen molar-refractivity contribution in [2.45, 2.75) is 42.2 Å². The van der Waals surface area contributed by atoms with Gasteiger partial charge in [0.15, 0.2) is 27.4 Å². The molecule has 3 aromatic rings. The number of hydrogen-bond donors (Lipinski definition) is 0. The Kier molecular flexibility index (Phi) is 7.24. The van der Waals surface area contributed by atoms with Crippen molar-refractivity contribution in [1.82, 2.24) is 4.90 Å². The first kappa shape index (κ1) is 25.6. The summed E-state index contributed by atoms with van der Waals surface area (Å²) in [5, 5.41) is -1.27. The average Bonchev–Trinajstić information content (AvgIpc) is 3.54. The number of nitrogens with zero attached hydrogens (tertiary/aromatic N) is 1. The van der Waals surface area contributed by atoms with Crippen LogP contribution in [0.25, 0.3) is 0 Å². The van der Waals surface area contributed by atoms with Crippen LogP contribution in [0, 0.1) is 0 Å². The Bertz CT molecular complexity index is 1410. The van der Waals surface area contributed by atoms with Gasteiger partial charge in [-0.1, -0.05) is 54.6 Å². The van der Waals surface area contributed by atoms with Crippen molar-refractivity contribution in [3.63, 3.8) is 0 Å². The van der Waals surface area contributed by atoms with Crippen molar-refractivity contribution in [2.24, 2.45) is 0 Å². The van der Waals surface area contributed by atoms with Crippen LogP contribution in [0.3, 0.4) is 0 Å². The number of aryl methyl sites for hydroxylation is 1. The van der Waals surface area contributed by atoms with E-state index in [0.29, 0.717) is 23.5 Å². The first-order valence-electron chi connectivity index (χ1n) is 12.2. The molecule has 198 valence electrons. The summed E-state index contributed by atoms with van der Waals surface area (Å²) in [6.45, 7) is 1.16. The van der Waals surface area contributed by atoms with Gasteiger partial charge in [0.1, 0.15) is 18.0 Å². The number of amides is 1. The second kappa shape index (κ2) is 10.7. The van der Waals surface area contributed by atoms with Crippen LogP contribution in [0.15, 0.2) is 83.8 Å². The fraction of sp³-hybridized carbons (Fsp3) is 0.286. The first-order chi connectivity index (χ1) is 18.3. The molecule has 0 aliphatic carbocycles. The van der Waals surface area contributed by atoms with Gasteiger partial charge in [-0.2, -0.15) is 0 Å². The SMILES string of the molecule is CC(=O)O[C@@H](c1ccc2c(c1)OCO2)[C@H]1COC(=O)N1C(CCc1ccccc1)S(=O)(=O)c1ccccc1. The van der Waals surface area contributed by atoms with Crippen LogP contribution in [0.5, 0.6) is 11.5 Å². The van der Waals surface area contributed by atoms with Crippen molar-refractivity contribution < 1.29 is 37.0 Å². The third-order valence-corrected chi connectivity index (χ3v) is 8.68. The third kappa shape index (κ3) is 5.17. The van der Waals surface area contributed by atoms with E-state index in [1.807, 2.05) is 30.3 Å². The van der Waals surface area contributed by atoms with Crippen molar-refractivity contribution in [3.8, 4) is 11.5 Å². The molecule has 3 atom stereocenters. The second-order valence-electron chi connectivity index (χ2n) is 9.03. The maximum atomic E-state index is 14.0. The van der Waals surface area contributed by atoms with Crippen LogP contribution < -0.4 is 9.47 Å². The topological polar surface area (TPSA) is 108 Å². The Labute approximate surface area is 220 Å². The van der Waals surface area contributed by atoms with E-state index in [0.717, 1.165) is 5.56 Å². The average molecular weight is 538 g/mol. The molecule has 1 saturated heterocycles. The van der Waals surface area contributed by atoms with Gasteiger partial charge in [-0.05, 0) is 48.2 Å². The Morgan fingerprint density at radius 1 is 0.974 bits per heavy atom. The fourth-order valence-corrected chi connectivity index (χ4v) is 6.61. The minimum absolute atomic E-state index is 0.0606. The third-order valence-electron chi connectivity index (χ3n) is 6.58. The van der Waals surface area contributed by atoms with E-state index < -0.39 is 39.4 Å². The Morgan fingerprint density at radius 3 is 2.37 bits per heavy atom. The van der Waals surface area contributed by atoms with Crippen molar-refractivity contribution >= 4 is 21.9 Å². The fourth-order valence-electron chi connectivity index (χ4n) is 4.79. The zero-order chi connectivity index (χ0) is 26.7. The highest BCUT2D eigenvalue weighted by Crippen LogP contribution is 2.39. The number of cyclic esters (lactones) is 1. The highest BCUT2D eigenvalue weighted by molar-refractivity contribution is 7.92. The van der Waals surface area contributed by atoms with Gasteiger partial charge in [0, 0.05) is 6.92 Å². The Morgan fingerprint density at radius 2 is 1.66 bits per heavy atom. The van der Waals surface area contributed by atoms with Gasteiger partial charge in [-0.25, -0.2) is 13.2 Å². The van der Waals surface area contributed by atoms with E-state index in [4.69, 9.17) is 18.9 Å². The van der Waals surface area contributed by atoms with Gasteiger partial charge in [0.05, 0.1) is 4.90 Å². The minimum Gasteiger partial charge on any atom is -0.455 e. The molecule has 9 nitrogen and oxygen atoms in total. The van der Waals surface area contributed by atoms with Crippen LogP contribution in [0.4, 0.5) is 4.79 Å². The lowest BCUT2D eigenvalue weighted by Gasteiger charge is -2.34. The molecule has 0 radical (unpaired) electrons. The molecular formula is C28H27NO8S. The lowest BCUT2D eigenvalue weighted by molar-refractivity contribution is -0.149. The minimum atomic E-state index is -4.03. The molecule has 1 amide bonds. The Hall–Kier alpha value is -4.05. The maximum Gasteiger partial charge on any atom is 0.411 e. The number of fused-ring (bicyclic) bond motifs is 1. The van der Waals surface area contributed by atoms with Crippen LogP contribution in [0.1, 0.15) is 30.6 Å². The Balaban J connectivity index is 1.55. The summed E-state index contributed by atoms with van der Waals surface area (Å²) in [5.74, 6) is 0.422. The molecule has 0 saturated carbocycles. The number of hydrogen-bond acceptors (Lipinski definition) is 8. The molecule has 2 aliphatic heterocycles. The van der Waals surface area contributed by atoms with Crippen molar-refractivity contribution in [1.29, 1.82) is 0 Å². The second-order valence-corrected chi connectivity index (χ2v) is 11.1. The van der Waals surface area contributed by atoms with Gasteiger partial charge < -0.3 is 18.9 Å². The van der Waals surface area contributed by atoms with E-state index in [2.05, 4.69) is 0 Å². The van der Waals surface area contributed by atoms with E-state index in [1.54, 1.807) is 36.4 Å². The van der Waals surface area contributed by atoms with Crippen LogP contribution >= 0.6 is 0 Å². The molecule has 3 aromatic carbocycles. The highest BCUT2D eigenvalue weighted by atomic mass is 32.2. The number of esters is 1. The molecule has 38 heavy (non-hydrogen) atoms. The normalized spacial score (nSPS) is 18.1. The van der Waals surface area contributed by atoms with Crippen LogP contribution in [-0.4, -0.2) is 50.2 Å². The molecule has 5 rings (SSSR count). The molecule has 10 heteroatoms. The van der Waals surface area contributed by atoms with E-state index in [1.165, 1.54) is 24.0 Å². The van der Waals surface area contributed by atoms with E-state index in [9.17, 15) is 18.0 Å². The van der Waals surface area contributed by atoms with Crippen LogP contribution in [0.2, 0.25) is 0 Å². The summed E-state index contributed by atoms with van der Waals surface area (Å²) < 4.78 is 49.9. The molecule has 0 spiro atoms. The molecule has 0 bridgehead atoms. The largest absolute Gasteiger partial charge is 0.455 e. The highest BCUT2D eigenvalue weighted by Gasteiger charge is 2.49. The molecule has 1 fully saturated rings. The lowest BCUT2D eigenvalue weighted by Crippen LogP contribution is -2.49. The molecule has 0 aromatic heterocycles. The summed E-state index contributed by atoms with van der Waals surface area (Å²) in [4.78, 5) is 26.6. The molecule has 1 unspecified atom stereocenters. The van der Waals surface area contributed by atoms with Crippen LogP contribution in [-0.2, 0) is 30.5 Å². The number of carbonyl (C=O) groups is 2. The zero-order valence-corrected chi connectivity index (χ0v) is 21.5. The quantitative estimate of drug-likeness (QED) is 0.373. The van der Waals surface area contributed by atoms with Gasteiger partial charge >= 0.3 is 12.1 Å². The molecule has 2 aliphatic rings. The maximum absolute atomic E-state index is 14.0. The number of carbonyl (C=O) groups excluding carboxylic acids is 2. The van der Waals surface area contributed by atoms with Gasteiger partial charge in [0.25, 0.3) is 0 Å². The number of benzene rings is 3. The predicted octanol–water partition coefficient (Wildman–Crippen LogP) is 4.27. The summed E-state index contributed by atoms with van der Waals surface area (Å²) in [5.41, 5.74) is 1.45. The predicted molar refractivity (Wildman–Crippen MR) is 136 cm³/mol. The number of sulfone groups is 1. The lowest BCUT2D eigenvalue weighted by atomic mass is 10.0. The van der Waals surface area contributed by atoms with Crippen molar-refractivity contribution in [3.05, 3.63) is 90.0 Å². The number of ether oxygens (including phenoxy) is 4. The molecule has 2 heterocycles. The van der Waals surface area contributed by atoms with Crippen molar-refractivity contribution in [2.75, 3.05) is 13.4 Å². The van der Waals surface area contributed by atoms with E-state index in [-0.39, 0.29) is 24.7 Å². The first-order valence-corrected chi connectivity index (χ1v) is 13.7. The van der Waals surface area contributed by atoms with Gasteiger partial charge in [-0.15, -0.1) is 0 Å². The molecule has 0 N–H and O–H groups in total. The standard InChI is InChI=1S/C28H27NO8S/c1-19(30)37-27(21-13-14-24-25(16-21)36-18-35-24)23-17-34-28(31)29(23)26(15-12-20-8-4-2-5-9-20)38(32,33)22-10-6-3-7-11-22/h2-11,13-14,16,23,26-27H,12,15,17-18H2,1H3/t23-,26?,27+/m1/s1. The van der Waals surface area contributed by atoms with Gasteiger partial charge in [-0.3, -0.25) is 9.69 Å². The monoisotopic (exact) mass is 537 g/mol. The summed E-state index contributed by atoms with van der Waals surface area (Å²) in [6, 6.07) is 21.6.